The van der Waals surface area contributed by atoms with E-state index in [1.165, 1.54) is 0 Å². The van der Waals surface area contributed by atoms with Crippen molar-refractivity contribution in [2.45, 2.75) is 37.9 Å². The van der Waals surface area contributed by atoms with Crippen molar-refractivity contribution in [3.63, 3.8) is 0 Å². The highest BCUT2D eigenvalue weighted by Gasteiger charge is 2.49. The molecule has 1 spiro atoms. The molecule has 0 saturated carbocycles. The summed E-state index contributed by atoms with van der Waals surface area (Å²) in [7, 11) is 0. The van der Waals surface area contributed by atoms with Crippen LogP contribution in [0.25, 0.3) is 0 Å². The number of carbonyl (C=O) groups excluding carboxylic acids is 2. The van der Waals surface area contributed by atoms with Crippen LogP contribution in [-0.2, 0) is 9.53 Å². The highest BCUT2D eigenvalue weighted by molar-refractivity contribution is 5.94. The zero-order chi connectivity index (χ0) is 20.3. The van der Waals surface area contributed by atoms with Crippen LogP contribution in [0.3, 0.4) is 0 Å². The van der Waals surface area contributed by atoms with E-state index in [1.54, 1.807) is 18.5 Å². The SMILES string of the molecule is CC1CN(C(=O)Nc2ccccc2)CCC12CCC(C(=O)Nc1cccnc1)O2. The van der Waals surface area contributed by atoms with E-state index in [0.29, 0.717) is 25.2 Å². The maximum absolute atomic E-state index is 12.6. The first-order chi connectivity index (χ1) is 14.1. The Balaban J connectivity index is 1.33. The molecule has 2 aliphatic heterocycles. The molecule has 1 aromatic heterocycles. The zero-order valence-electron chi connectivity index (χ0n) is 16.5. The average molecular weight is 394 g/mol. The number of benzene rings is 1. The molecule has 3 heterocycles. The van der Waals surface area contributed by atoms with E-state index in [4.69, 9.17) is 4.74 Å². The lowest BCUT2D eigenvalue weighted by molar-refractivity contribution is -0.141. The van der Waals surface area contributed by atoms with E-state index >= 15 is 0 Å². The number of nitrogens with one attached hydrogen (secondary N) is 2. The number of hydrogen-bond acceptors (Lipinski definition) is 4. The third kappa shape index (κ3) is 4.24. The number of likely N-dealkylation sites (tertiary alicyclic amines) is 1. The normalized spacial score (nSPS) is 26.3. The van der Waals surface area contributed by atoms with Gasteiger partial charge in [-0.15, -0.1) is 0 Å². The number of para-hydroxylation sites is 1. The first kappa shape index (κ1) is 19.4. The van der Waals surface area contributed by atoms with E-state index in [1.807, 2.05) is 41.3 Å². The lowest BCUT2D eigenvalue weighted by Crippen LogP contribution is -2.53. The second kappa shape index (κ2) is 8.21. The van der Waals surface area contributed by atoms with Crippen LogP contribution in [0.4, 0.5) is 16.2 Å². The van der Waals surface area contributed by atoms with Gasteiger partial charge in [0.05, 0.1) is 17.5 Å². The van der Waals surface area contributed by atoms with Gasteiger partial charge in [0.2, 0.25) is 0 Å². The fourth-order valence-electron chi connectivity index (χ4n) is 4.23. The number of amides is 3. The molecule has 4 rings (SSSR count). The lowest BCUT2D eigenvalue weighted by Gasteiger charge is -2.44. The molecular weight excluding hydrogens is 368 g/mol. The van der Waals surface area contributed by atoms with Gasteiger partial charge in [0, 0.05) is 30.9 Å². The molecule has 3 unspecified atom stereocenters. The van der Waals surface area contributed by atoms with E-state index < -0.39 is 6.10 Å². The maximum atomic E-state index is 12.6. The Morgan fingerprint density at radius 2 is 1.90 bits per heavy atom. The van der Waals surface area contributed by atoms with Gasteiger partial charge >= 0.3 is 6.03 Å². The molecule has 7 heteroatoms. The van der Waals surface area contributed by atoms with Gasteiger partial charge in [-0.3, -0.25) is 9.78 Å². The second-order valence-electron chi connectivity index (χ2n) is 7.83. The van der Waals surface area contributed by atoms with Crippen LogP contribution in [0.15, 0.2) is 54.9 Å². The van der Waals surface area contributed by atoms with Crippen LogP contribution < -0.4 is 10.6 Å². The van der Waals surface area contributed by atoms with E-state index in [0.717, 1.165) is 18.5 Å². The molecule has 3 atom stereocenters. The molecule has 7 nitrogen and oxygen atoms in total. The highest BCUT2D eigenvalue weighted by Crippen LogP contribution is 2.42. The van der Waals surface area contributed by atoms with E-state index in [-0.39, 0.29) is 23.5 Å². The van der Waals surface area contributed by atoms with Gasteiger partial charge in [0.1, 0.15) is 6.10 Å². The summed E-state index contributed by atoms with van der Waals surface area (Å²) in [5, 5.41) is 5.82. The van der Waals surface area contributed by atoms with Crippen molar-refractivity contribution in [3.8, 4) is 0 Å². The van der Waals surface area contributed by atoms with Gasteiger partial charge in [-0.25, -0.2) is 4.79 Å². The summed E-state index contributed by atoms with van der Waals surface area (Å²) in [5.41, 5.74) is 1.11. The number of aromatic nitrogens is 1. The Hall–Kier alpha value is -2.93. The van der Waals surface area contributed by atoms with Gasteiger partial charge in [-0.05, 0) is 43.5 Å². The van der Waals surface area contributed by atoms with Crippen molar-refractivity contribution in [2.24, 2.45) is 5.92 Å². The Morgan fingerprint density at radius 1 is 1.10 bits per heavy atom. The molecule has 3 amide bonds. The number of carbonyl (C=O) groups is 2. The summed E-state index contributed by atoms with van der Waals surface area (Å²) in [6.45, 7) is 3.32. The fourth-order valence-corrected chi connectivity index (χ4v) is 4.23. The van der Waals surface area contributed by atoms with Crippen LogP contribution in [0.5, 0.6) is 0 Å². The number of nitrogens with zero attached hydrogens (tertiary/aromatic N) is 2. The molecule has 2 N–H and O–H groups in total. The Labute approximate surface area is 170 Å². The molecule has 2 aliphatic rings. The van der Waals surface area contributed by atoms with Gasteiger partial charge in [0.25, 0.3) is 5.91 Å². The van der Waals surface area contributed by atoms with Crippen molar-refractivity contribution in [3.05, 3.63) is 54.9 Å². The minimum atomic E-state index is -0.470. The number of urea groups is 1. The van der Waals surface area contributed by atoms with Crippen molar-refractivity contribution in [1.82, 2.24) is 9.88 Å². The number of hydrogen-bond donors (Lipinski definition) is 2. The van der Waals surface area contributed by atoms with Crippen LogP contribution in [-0.4, -0.2) is 46.6 Å². The third-order valence-corrected chi connectivity index (χ3v) is 5.94. The standard InChI is InChI=1S/C22H26N4O3/c1-16-15-26(21(28)25-17-6-3-2-4-7-17)13-11-22(16)10-9-19(29-22)20(27)24-18-8-5-12-23-14-18/h2-8,12,14,16,19H,9-11,13,15H2,1H3,(H,24,27)(H,25,28). The van der Waals surface area contributed by atoms with Crippen molar-refractivity contribution in [2.75, 3.05) is 23.7 Å². The molecule has 0 bridgehead atoms. The van der Waals surface area contributed by atoms with Crippen molar-refractivity contribution < 1.29 is 14.3 Å². The Morgan fingerprint density at radius 3 is 2.62 bits per heavy atom. The lowest BCUT2D eigenvalue weighted by atomic mass is 9.80. The fraction of sp³-hybridized carbons (Fsp3) is 0.409. The number of ether oxygens (including phenoxy) is 1. The zero-order valence-corrected chi connectivity index (χ0v) is 16.5. The predicted molar refractivity (Wildman–Crippen MR) is 111 cm³/mol. The summed E-state index contributed by atoms with van der Waals surface area (Å²) in [6.07, 6.45) is 5.06. The quantitative estimate of drug-likeness (QED) is 0.834. The summed E-state index contributed by atoms with van der Waals surface area (Å²) in [4.78, 5) is 31.0. The summed E-state index contributed by atoms with van der Waals surface area (Å²) in [5.74, 6) is 0.0142. The van der Waals surface area contributed by atoms with E-state index in [2.05, 4.69) is 22.5 Å². The van der Waals surface area contributed by atoms with Crippen molar-refractivity contribution >= 4 is 23.3 Å². The van der Waals surface area contributed by atoms with E-state index in [9.17, 15) is 9.59 Å². The first-order valence-electron chi connectivity index (χ1n) is 10.1. The minimum absolute atomic E-state index is 0.0956. The third-order valence-electron chi connectivity index (χ3n) is 5.94. The Kier molecular flexibility index (Phi) is 5.49. The average Bonchev–Trinajstić information content (AvgIpc) is 3.17. The van der Waals surface area contributed by atoms with Gasteiger partial charge < -0.3 is 20.3 Å². The van der Waals surface area contributed by atoms with Gasteiger partial charge in [-0.2, -0.15) is 0 Å². The second-order valence-corrected chi connectivity index (χ2v) is 7.83. The molecule has 2 fully saturated rings. The van der Waals surface area contributed by atoms with Crippen LogP contribution >= 0.6 is 0 Å². The molecule has 2 aromatic rings. The molecule has 0 aliphatic carbocycles. The molecule has 152 valence electrons. The van der Waals surface area contributed by atoms with Gasteiger partial charge in [0.15, 0.2) is 0 Å². The van der Waals surface area contributed by atoms with Crippen molar-refractivity contribution in [1.29, 1.82) is 0 Å². The summed E-state index contributed by atoms with van der Waals surface area (Å²) >= 11 is 0. The monoisotopic (exact) mass is 394 g/mol. The number of rotatable bonds is 3. The molecular formula is C22H26N4O3. The van der Waals surface area contributed by atoms with Crippen LogP contribution in [0.2, 0.25) is 0 Å². The largest absolute Gasteiger partial charge is 0.362 e. The maximum Gasteiger partial charge on any atom is 0.321 e. The Bertz CT molecular complexity index is 861. The van der Waals surface area contributed by atoms with Crippen LogP contribution in [0.1, 0.15) is 26.2 Å². The minimum Gasteiger partial charge on any atom is -0.362 e. The van der Waals surface area contributed by atoms with Gasteiger partial charge in [-0.1, -0.05) is 25.1 Å². The van der Waals surface area contributed by atoms with Crippen LogP contribution in [0, 0.1) is 5.92 Å². The number of anilines is 2. The topological polar surface area (TPSA) is 83.6 Å². The molecule has 1 aromatic carbocycles. The first-order valence-corrected chi connectivity index (χ1v) is 10.1. The molecule has 2 saturated heterocycles. The predicted octanol–water partition coefficient (Wildman–Crippen LogP) is 3.51. The molecule has 0 radical (unpaired) electrons. The highest BCUT2D eigenvalue weighted by atomic mass is 16.5. The number of pyridine rings is 1. The molecule has 29 heavy (non-hydrogen) atoms. The summed E-state index contributed by atoms with van der Waals surface area (Å²) in [6, 6.07) is 12.9. The number of piperidine rings is 1. The smallest absolute Gasteiger partial charge is 0.321 e. The summed E-state index contributed by atoms with van der Waals surface area (Å²) < 4.78 is 6.29.